The first-order valence-electron chi connectivity index (χ1n) is 8.91. The number of nitrogens with zero attached hydrogens (tertiary/aromatic N) is 2. The van der Waals surface area contributed by atoms with Crippen LogP contribution in [0, 0.1) is 0 Å². The molecule has 0 spiro atoms. The first-order chi connectivity index (χ1) is 13.9. The second-order valence-corrected chi connectivity index (χ2v) is 8.42. The van der Waals surface area contributed by atoms with Crippen molar-refractivity contribution in [3.05, 3.63) is 33.9 Å². The van der Waals surface area contributed by atoms with Crippen LogP contribution in [-0.2, 0) is 22.4 Å². The average molecular weight is 450 g/mol. The molecule has 0 saturated heterocycles. The summed E-state index contributed by atoms with van der Waals surface area (Å²) in [7, 11) is 0. The van der Waals surface area contributed by atoms with Crippen LogP contribution in [-0.4, -0.2) is 22.3 Å². The van der Waals surface area contributed by atoms with Crippen LogP contribution in [0.2, 0.25) is 5.02 Å². The Hall–Kier alpha value is -2.36. The molecule has 0 atom stereocenters. The molecule has 2 amide bonds. The molecule has 4 N–H and O–H groups in total. The number of hydrogen-bond acceptors (Lipinski definition) is 8. The summed E-state index contributed by atoms with van der Waals surface area (Å²) < 4.78 is 0. The topological polar surface area (TPSA) is 110 Å². The fourth-order valence-electron chi connectivity index (χ4n) is 3.07. The fraction of sp³-hybridized carbons (Fsp3) is 0.263. The van der Waals surface area contributed by atoms with Gasteiger partial charge in [0.25, 0.3) is 0 Å². The van der Waals surface area contributed by atoms with Crippen molar-refractivity contribution in [1.82, 2.24) is 15.3 Å². The van der Waals surface area contributed by atoms with Gasteiger partial charge in [-0.3, -0.25) is 14.9 Å². The number of aromatic nitrogens is 2. The highest BCUT2D eigenvalue weighted by atomic mass is 35.5. The molecule has 0 unspecified atom stereocenters. The molecule has 1 aliphatic carbocycles. The number of fused-ring (bicyclic) bond motifs is 3. The van der Waals surface area contributed by atoms with E-state index in [0.717, 1.165) is 34.6 Å². The molecule has 1 aliphatic rings. The molecule has 0 saturated carbocycles. The number of anilines is 3. The maximum atomic E-state index is 9.70. The minimum absolute atomic E-state index is 0.329. The first kappa shape index (κ1) is 21.4. The summed E-state index contributed by atoms with van der Waals surface area (Å²) >= 11 is 12.4. The summed E-state index contributed by atoms with van der Waals surface area (Å²) in [5.41, 5.74) is 8.53. The number of nitrogen functional groups attached to an aromatic ring is 1. The third-order valence-electron chi connectivity index (χ3n) is 4.38. The Bertz CT molecular complexity index is 1070. The second kappa shape index (κ2) is 9.43. The average Bonchev–Trinajstić information content (AvgIpc) is 3.06. The van der Waals surface area contributed by atoms with Gasteiger partial charge in [0, 0.05) is 22.4 Å². The van der Waals surface area contributed by atoms with E-state index in [-0.39, 0.29) is 5.91 Å². The zero-order valence-corrected chi connectivity index (χ0v) is 18.1. The van der Waals surface area contributed by atoms with Crippen molar-refractivity contribution in [1.29, 1.82) is 0 Å². The largest absolute Gasteiger partial charge is 0.398 e. The van der Waals surface area contributed by atoms with Gasteiger partial charge in [-0.1, -0.05) is 11.6 Å². The quantitative estimate of drug-likeness (QED) is 0.272. The Morgan fingerprint density at radius 2 is 2.07 bits per heavy atom. The fourth-order valence-corrected chi connectivity index (χ4v) is 4.71. The van der Waals surface area contributed by atoms with Gasteiger partial charge in [0.2, 0.25) is 12.3 Å². The van der Waals surface area contributed by atoms with Crippen LogP contribution in [0.5, 0.6) is 0 Å². The van der Waals surface area contributed by atoms with E-state index >= 15 is 0 Å². The van der Waals surface area contributed by atoms with Crippen molar-refractivity contribution < 1.29 is 9.59 Å². The Balaban J connectivity index is 0.000000353. The second-order valence-electron chi connectivity index (χ2n) is 6.45. The highest BCUT2D eigenvalue weighted by Crippen LogP contribution is 2.40. The van der Waals surface area contributed by atoms with Gasteiger partial charge >= 0.3 is 0 Å². The van der Waals surface area contributed by atoms with E-state index < -0.39 is 0 Å². The van der Waals surface area contributed by atoms with Gasteiger partial charge in [0.05, 0.1) is 16.1 Å². The number of thiol groups is 1. The molecule has 7 nitrogen and oxygen atoms in total. The third kappa shape index (κ3) is 4.98. The normalized spacial score (nSPS) is 12.5. The van der Waals surface area contributed by atoms with E-state index in [0.29, 0.717) is 22.0 Å². The molecule has 1 aromatic carbocycles. The number of amides is 2. The highest BCUT2D eigenvalue weighted by Gasteiger charge is 2.20. The minimum Gasteiger partial charge on any atom is -0.398 e. The number of nitrogens with one attached hydrogen (secondary N) is 2. The third-order valence-corrected chi connectivity index (χ3v) is 6.28. The number of carbonyl (C=O) groups is 2. The number of nitrogens with two attached hydrogens (primary N) is 1. The summed E-state index contributed by atoms with van der Waals surface area (Å²) in [6, 6.07) is 3.53. The summed E-state index contributed by atoms with van der Waals surface area (Å²) in [4.78, 5) is 31.0. The van der Waals surface area contributed by atoms with Gasteiger partial charge in [-0.15, -0.1) is 24.0 Å². The molecule has 152 valence electrons. The molecule has 0 aliphatic heterocycles. The molecule has 2 heterocycles. The number of aryl methyl sites for hydroxylation is 2. The van der Waals surface area contributed by atoms with Crippen LogP contribution in [0.4, 0.5) is 17.2 Å². The summed E-state index contributed by atoms with van der Waals surface area (Å²) in [5.74, 6) is 0.471. The van der Waals surface area contributed by atoms with Gasteiger partial charge in [-0.25, -0.2) is 9.97 Å². The molecule has 0 radical (unpaired) electrons. The number of rotatable bonds is 3. The standard InChI is InChI=1S/C16H15ClN4S2.C3H5NO2/c17-9-5-10(18)12(22)6-11(9)21-15-14-8-3-1-2-4-13(8)23-16(14)20-7-19-15;1-3(6)4-2-5/h5-7,22H,1-4,18H2,(H,19,20,21);2H,1H3,(H,4,5,6). The van der Waals surface area contributed by atoms with Crippen molar-refractivity contribution in [3.63, 3.8) is 0 Å². The lowest BCUT2D eigenvalue weighted by molar-refractivity contribution is -0.123. The lowest BCUT2D eigenvalue weighted by Crippen LogP contribution is -2.16. The summed E-state index contributed by atoms with van der Waals surface area (Å²) in [6.07, 6.45) is 6.64. The molecule has 4 rings (SSSR count). The van der Waals surface area contributed by atoms with Crippen LogP contribution in [0.1, 0.15) is 30.2 Å². The van der Waals surface area contributed by atoms with E-state index in [2.05, 4.69) is 27.9 Å². The lowest BCUT2D eigenvalue weighted by Gasteiger charge is -2.13. The maximum Gasteiger partial charge on any atom is 0.223 e. The Morgan fingerprint density at radius 1 is 1.31 bits per heavy atom. The number of benzene rings is 1. The number of imide groups is 1. The monoisotopic (exact) mass is 449 g/mol. The van der Waals surface area contributed by atoms with E-state index in [1.54, 1.807) is 23.7 Å². The highest BCUT2D eigenvalue weighted by molar-refractivity contribution is 7.80. The number of carbonyl (C=O) groups excluding carboxylic acids is 2. The molecule has 0 bridgehead atoms. The Labute approximate surface area is 182 Å². The van der Waals surface area contributed by atoms with Crippen molar-refractivity contribution in [2.24, 2.45) is 0 Å². The molecule has 3 aromatic rings. The van der Waals surface area contributed by atoms with Crippen molar-refractivity contribution in [3.8, 4) is 0 Å². The van der Waals surface area contributed by atoms with Crippen molar-refractivity contribution >= 4 is 75.3 Å². The Kier molecular flexibility index (Phi) is 6.94. The zero-order valence-electron chi connectivity index (χ0n) is 15.7. The van der Waals surface area contributed by atoms with Gasteiger partial charge < -0.3 is 11.1 Å². The lowest BCUT2D eigenvalue weighted by atomic mass is 9.97. The van der Waals surface area contributed by atoms with Crippen molar-refractivity contribution in [2.75, 3.05) is 11.1 Å². The zero-order chi connectivity index (χ0) is 21.0. The molecule has 29 heavy (non-hydrogen) atoms. The molecular formula is C19H20ClN5O2S2. The van der Waals surface area contributed by atoms with E-state index in [9.17, 15) is 9.59 Å². The van der Waals surface area contributed by atoms with Gasteiger partial charge in [-0.05, 0) is 43.4 Å². The van der Waals surface area contributed by atoms with Gasteiger partial charge in [-0.2, -0.15) is 0 Å². The summed E-state index contributed by atoms with van der Waals surface area (Å²) in [5, 5.41) is 6.91. The van der Waals surface area contributed by atoms with E-state index in [4.69, 9.17) is 17.3 Å². The summed E-state index contributed by atoms with van der Waals surface area (Å²) in [6.45, 7) is 1.27. The molecule has 2 aromatic heterocycles. The SMILES string of the molecule is CC(=O)NC=O.Nc1cc(Cl)c(Nc2ncnc3sc4c(c23)CCCC4)cc1S. The van der Waals surface area contributed by atoms with Crippen LogP contribution in [0.25, 0.3) is 10.2 Å². The van der Waals surface area contributed by atoms with Gasteiger partial charge in [0.1, 0.15) is 17.0 Å². The number of thiophene rings is 1. The van der Waals surface area contributed by atoms with Crippen molar-refractivity contribution in [2.45, 2.75) is 37.5 Å². The van der Waals surface area contributed by atoms with Crippen LogP contribution < -0.4 is 16.4 Å². The molecule has 0 fully saturated rings. The first-order valence-corrected chi connectivity index (χ1v) is 10.6. The van der Waals surface area contributed by atoms with Crippen LogP contribution in [0.3, 0.4) is 0 Å². The number of hydrogen-bond donors (Lipinski definition) is 4. The van der Waals surface area contributed by atoms with Crippen LogP contribution in [0.15, 0.2) is 23.4 Å². The van der Waals surface area contributed by atoms with Crippen LogP contribution >= 0.6 is 35.6 Å². The Morgan fingerprint density at radius 3 is 2.76 bits per heavy atom. The maximum absolute atomic E-state index is 9.70. The minimum atomic E-state index is -0.329. The number of halogens is 1. The molecule has 10 heteroatoms. The van der Waals surface area contributed by atoms with Gasteiger partial charge in [0.15, 0.2) is 0 Å². The van der Waals surface area contributed by atoms with E-state index in [1.807, 2.05) is 11.4 Å². The van der Waals surface area contributed by atoms with E-state index in [1.165, 1.54) is 30.2 Å². The predicted octanol–water partition coefficient (Wildman–Crippen LogP) is 4.12. The smallest absolute Gasteiger partial charge is 0.223 e. The molecular weight excluding hydrogens is 430 g/mol. The predicted molar refractivity (Wildman–Crippen MR) is 120 cm³/mol.